The summed E-state index contributed by atoms with van der Waals surface area (Å²) in [5.74, 6) is -0.390. The molecule has 2 atom stereocenters. The van der Waals surface area contributed by atoms with Gasteiger partial charge in [-0.05, 0) is 53.1 Å². The average Bonchev–Trinajstić information content (AvgIpc) is 2.99. The standard InChI is InChI=1S/C32H28ClFN2O5/c1-39-22-14-10-20(11-15-22)30-29(31(37)35-26-16-25(33)27(40-2)17-28(26)41-3)23-6-4-5-7-24(23)32(38)36(30)18-19-8-12-21(34)13-9-19/h4-17,29-30H,18H2,1-3H3,(H,35,37)/t29-,30+/m1/s1. The minimum atomic E-state index is -0.816. The van der Waals surface area contributed by atoms with Crippen LogP contribution in [-0.4, -0.2) is 38.0 Å². The van der Waals surface area contributed by atoms with Crippen molar-refractivity contribution < 1.29 is 28.2 Å². The van der Waals surface area contributed by atoms with Gasteiger partial charge in [-0.15, -0.1) is 0 Å². The van der Waals surface area contributed by atoms with Crippen LogP contribution in [0.3, 0.4) is 0 Å². The Hall–Kier alpha value is -4.56. The highest BCUT2D eigenvalue weighted by atomic mass is 35.5. The van der Waals surface area contributed by atoms with Crippen molar-refractivity contribution in [3.05, 3.63) is 118 Å². The van der Waals surface area contributed by atoms with E-state index in [1.165, 1.54) is 26.4 Å². The molecule has 0 aromatic heterocycles. The first-order valence-corrected chi connectivity index (χ1v) is 13.2. The summed E-state index contributed by atoms with van der Waals surface area (Å²) in [4.78, 5) is 29.9. The number of hydrogen-bond donors (Lipinski definition) is 1. The van der Waals surface area contributed by atoms with E-state index in [1.54, 1.807) is 72.7 Å². The van der Waals surface area contributed by atoms with E-state index in [9.17, 15) is 14.0 Å². The summed E-state index contributed by atoms with van der Waals surface area (Å²) in [5.41, 5.74) is 2.82. The van der Waals surface area contributed by atoms with Gasteiger partial charge in [-0.25, -0.2) is 4.39 Å². The molecule has 210 valence electrons. The number of carbonyl (C=O) groups is 2. The molecule has 1 heterocycles. The first kappa shape index (κ1) is 28.0. The number of anilines is 1. The Morgan fingerprint density at radius 2 is 1.59 bits per heavy atom. The number of methoxy groups -OCH3 is 3. The van der Waals surface area contributed by atoms with Crippen molar-refractivity contribution in [3.63, 3.8) is 0 Å². The van der Waals surface area contributed by atoms with Gasteiger partial charge in [0.05, 0.1) is 44.0 Å². The molecule has 1 aliphatic rings. The number of benzene rings is 4. The van der Waals surface area contributed by atoms with Crippen LogP contribution in [-0.2, 0) is 11.3 Å². The Kier molecular flexibility index (Phi) is 8.12. The van der Waals surface area contributed by atoms with Crippen molar-refractivity contribution in [2.24, 2.45) is 0 Å². The van der Waals surface area contributed by atoms with Crippen molar-refractivity contribution in [2.75, 3.05) is 26.6 Å². The van der Waals surface area contributed by atoms with E-state index >= 15 is 0 Å². The van der Waals surface area contributed by atoms with Gasteiger partial charge in [-0.3, -0.25) is 9.59 Å². The van der Waals surface area contributed by atoms with Crippen LogP contribution in [0.1, 0.15) is 39.0 Å². The lowest BCUT2D eigenvalue weighted by molar-refractivity contribution is -0.119. The Morgan fingerprint density at radius 1 is 0.902 bits per heavy atom. The maximum absolute atomic E-state index is 14.3. The Bertz CT molecular complexity index is 1580. The second-order valence-electron chi connectivity index (χ2n) is 9.52. The molecule has 0 radical (unpaired) electrons. The largest absolute Gasteiger partial charge is 0.497 e. The molecule has 0 saturated carbocycles. The maximum Gasteiger partial charge on any atom is 0.255 e. The highest BCUT2D eigenvalue weighted by molar-refractivity contribution is 6.32. The summed E-state index contributed by atoms with van der Waals surface area (Å²) in [6.45, 7) is 0.158. The van der Waals surface area contributed by atoms with E-state index in [2.05, 4.69) is 5.32 Å². The molecule has 0 aliphatic carbocycles. The number of carbonyl (C=O) groups excluding carboxylic acids is 2. The zero-order valence-corrected chi connectivity index (χ0v) is 23.4. The molecule has 1 N–H and O–H groups in total. The molecule has 2 amide bonds. The number of hydrogen-bond acceptors (Lipinski definition) is 5. The highest BCUT2D eigenvalue weighted by Gasteiger charge is 2.44. The van der Waals surface area contributed by atoms with Gasteiger partial charge in [-0.1, -0.05) is 54.1 Å². The zero-order chi connectivity index (χ0) is 29.1. The van der Waals surface area contributed by atoms with Gasteiger partial charge in [0.15, 0.2) is 0 Å². The molecule has 0 fully saturated rings. The monoisotopic (exact) mass is 574 g/mol. The predicted octanol–water partition coefficient (Wildman–Crippen LogP) is 6.62. The number of nitrogens with zero attached hydrogens (tertiary/aromatic N) is 1. The van der Waals surface area contributed by atoms with Crippen LogP contribution in [0.25, 0.3) is 0 Å². The van der Waals surface area contributed by atoms with Crippen LogP contribution in [0, 0.1) is 5.82 Å². The minimum absolute atomic E-state index is 0.158. The number of fused-ring (bicyclic) bond motifs is 1. The van der Waals surface area contributed by atoms with Crippen molar-refractivity contribution in [2.45, 2.75) is 18.5 Å². The summed E-state index contributed by atoms with van der Waals surface area (Å²) in [6, 6.07) is 22.8. The Balaban J connectivity index is 1.64. The second-order valence-corrected chi connectivity index (χ2v) is 9.93. The molecule has 4 aromatic rings. The molecule has 1 aliphatic heterocycles. The molecular formula is C32H28ClFN2O5. The molecule has 41 heavy (non-hydrogen) atoms. The quantitative estimate of drug-likeness (QED) is 0.256. The smallest absolute Gasteiger partial charge is 0.255 e. The lowest BCUT2D eigenvalue weighted by Crippen LogP contribution is -2.45. The Labute approximate surface area is 242 Å². The highest BCUT2D eigenvalue weighted by Crippen LogP contribution is 2.45. The summed E-state index contributed by atoms with van der Waals surface area (Å²) in [5, 5.41) is 3.28. The lowest BCUT2D eigenvalue weighted by Gasteiger charge is -2.42. The molecule has 4 aromatic carbocycles. The zero-order valence-electron chi connectivity index (χ0n) is 22.7. The van der Waals surface area contributed by atoms with Crippen LogP contribution in [0.15, 0.2) is 84.9 Å². The lowest BCUT2D eigenvalue weighted by atomic mass is 9.79. The van der Waals surface area contributed by atoms with E-state index in [-0.39, 0.29) is 24.2 Å². The van der Waals surface area contributed by atoms with E-state index in [0.29, 0.717) is 39.1 Å². The molecule has 5 rings (SSSR count). The predicted molar refractivity (Wildman–Crippen MR) is 154 cm³/mol. The van der Waals surface area contributed by atoms with E-state index in [0.717, 1.165) is 11.1 Å². The van der Waals surface area contributed by atoms with E-state index in [1.807, 2.05) is 12.1 Å². The van der Waals surface area contributed by atoms with E-state index < -0.39 is 12.0 Å². The van der Waals surface area contributed by atoms with Crippen LogP contribution in [0.5, 0.6) is 17.2 Å². The first-order chi connectivity index (χ1) is 19.8. The minimum Gasteiger partial charge on any atom is -0.497 e. The molecule has 0 spiro atoms. The average molecular weight is 575 g/mol. The third-order valence-corrected chi connectivity index (χ3v) is 7.47. The van der Waals surface area contributed by atoms with Crippen molar-refractivity contribution in [1.82, 2.24) is 4.90 Å². The molecule has 0 saturated heterocycles. The SMILES string of the molecule is COc1ccc([C@H]2[C@H](C(=O)Nc3cc(Cl)c(OC)cc3OC)c3ccccc3C(=O)N2Cc2ccc(F)cc2)cc1. The number of amides is 2. The third kappa shape index (κ3) is 5.56. The van der Waals surface area contributed by atoms with Crippen molar-refractivity contribution >= 4 is 29.1 Å². The van der Waals surface area contributed by atoms with Gasteiger partial charge in [0.1, 0.15) is 23.1 Å². The fourth-order valence-electron chi connectivity index (χ4n) is 5.18. The Morgan fingerprint density at radius 3 is 2.24 bits per heavy atom. The number of ether oxygens (including phenoxy) is 3. The summed E-state index contributed by atoms with van der Waals surface area (Å²) < 4.78 is 29.8. The molecular weight excluding hydrogens is 547 g/mol. The first-order valence-electron chi connectivity index (χ1n) is 12.8. The topological polar surface area (TPSA) is 77.1 Å². The summed E-state index contributed by atoms with van der Waals surface area (Å²) in [7, 11) is 4.54. The molecule has 7 nitrogen and oxygen atoms in total. The number of nitrogens with one attached hydrogen (secondary N) is 1. The number of rotatable bonds is 8. The molecule has 9 heteroatoms. The van der Waals surface area contributed by atoms with Gasteiger partial charge >= 0.3 is 0 Å². The van der Waals surface area contributed by atoms with Gasteiger partial charge in [0.2, 0.25) is 5.91 Å². The second kappa shape index (κ2) is 11.9. The van der Waals surface area contributed by atoms with Crippen LogP contribution < -0.4 is 19.5 Å². The van der Waals surface area contributed by atoms with Crippen molar-refractivity contribution in [3.8, 4) is 17.2 Å². The van der Waals surface area contributed by atoms with Gasteiger partial charge < -0.3 is 24.4 Å². The van der Waals surface area contributed by atoms with Gasteiger partial charge in [0, 0.05) is 18.2 Å². The summed E-state index contributed by atoms with van der Waals surface area (Å²) >= 11 is 6.38. The van der Waals surface area contributed by atoms with Crippen LogP contribution in [0.2, 0.25) is 5.02 Å². The van der Waals surface area contributed by atoms with Crippen LogP contribution in [0.4, 0.5) is 10.1 Å². The van der Waals surface area contributed by atoms with Gasteiger partial charge in [-0.2, -0.15) is 0 Å². The van der Waals surface area contributed by atoms with E-state index in [4.69, 9.17) is 25.8 Å². The summed E-state index contributed by atoms with van der Waals surface area (Å²) in [6.07, 6.45) is 0. The fraction of sp³-hybridized carbons (Fsp3) is 0.188. The normalized spacial score (nSPS) is 16.1. The fourth-order valence-corrected chi connectivity index (χ4v) is 5.42. The van der Waals surface area contributed by atoms with Crippen LogP contribution >= 0.6 is 11.6 Å². The maximum atomic E-state index is 14.3. The third-order valence-electron chi connectivity index (χ3n) is 7.18. The van der Waals surface area contributed by atoms with Crippen molar-refractivity contribution in [1.29, 1.82) is 0 Å². The number of halogens is 2. The molecule has 0 unspecified atom stereocenters. The molecule has 0 bridgehead atoms. The van der Waals surface area contributed by atoms with Gasteiger partial charge in [0.25, 0.3) is 5.91 Å².